The van der Waals surface area contributed by atoms with Crippen molar-refractivity contribution < 1.29 is 13.5 Å². The van der Waals surface area contributed by atoms with Gasteiger partial charge in [-0.2, -0.15) is 5.26 Å². The molecule has 1 aliphatic heterocycles. The van der Waals surface area contributed by atoms with E-state index in [9.17, 15) is 13.5 Å². The molecule has 0 aliphatic carbocycles. The second-order valence-corrected chi connectivity index (χ2v) is 8.12. The molecular weight excluding hydrogens is 350 g/mol. The number of allylic oxidation sites excluding steroid dienone is 1. The Kier molecular flexibility index (Phi) is 3.46. The Bertz CT molecular complexity index is 1250. The number of phenolic OH excluding ortho intramolecular Hbond substituents is 1. The summed E-state index contributed by atoms with van der Waals surface area (Å²) in [5.41, 5.74) is 2.74. The third-order valence-corrected chi connectivity index (χ3v) is 6.17. The molecule has 4 rings (SSSR count). The lowest BCUT2D eigenvalue weighted by Gasteiger charge is -2.11. The Hall–Kier alpha value is -3.37. The number of fused-ring (bicyclic) bond motifs is 2. The number of hydrogen-bond acceptors (Lipinski definition) is 6. The fraction of sp³-hybridized carbons (Fsp3) is 0.0526. The number of benzene rings is 2. The van der Waals surface area contributed by atoms with Gasteiger partial charge in [0.1, 0.15) is 5.75 Å². The van der Waals surface area contributed by atoms with E-state index in [0.29, 0.717) is 38.3 Å². The lowest BCUT2D eigenvalue weighted by molar-refractivity contribution is 0.475. The number of sulfone groups is 1. The van der Waals surface area contributed by atoms with Crippen LogP contribution in [-0.2, 0) is 9.84 Å². The number of nitrogens with one attached hydrogen (secondary N) is 1. The minimum atomic E-state index is -3.46. The van der Waals surface area contributed by atoms with Crippen molar-refractivity contribution in [1.82, 2.24) is 4.98 Å². The first kappa shape index (κ1) is 16.1. The van der Waals surface area contributed by atoms with Crippen LogP contribution in [0.4, 0.5) is 11.4 Å². The van der Waals surface area contributed by atoms with Crippen molar-refractivity contribution in [3.05, 3.63) is 58.6 Å². The lowest BCUT2D eigenvalue weighted by Crippen LogP contribution is -1.99. The second-order valence-electron chi connectivity index (χ2n) is 6.03. The molecule has 0 saturated heterocycles. The first-order chi connectivity index (χ1) is 12.4. The maximum Gasteiger partial charge on any atom is 0.203 e. The van der Waals surface area contributed by atoms with Crippen LogP contribution in [0.15, 0.2) is 52.4 Å². The molecule has 7 heteroatoms. The van der Waals surface area contributed by atoms with Crippen molar-refractivity contribution in [1.29, 1.82) is 5.26 Å². The predicted molar refractivity (Wildman–Crippen MR) is 98.7 cm³/mol. The van der Waals surface area contributed by atoms with Gasteiger partial charge in [0.15, 0.2) is 0 Å². The molecule has 2 heterocycles. The molecule has 0 spiro atoms. The third-order valence-electron chi connectivity index (χ3n) is 4.27. The summed E-state index contributed by atoms with van der Waals surface area (Å²) in [5, 5.41) is 22.6. The fourth-order valence-electron chi connectivity index (χ4n) is 3.02. The summed E-state index contributed by atoms with van der Waals surface area (Å²) in [5.74, 6) is -0.0341. The van der Waals surface area contributed by atoms with Crippen molar-refractivity contribution in [3.63, 3.8) is 0 Å². The van der Waals surface area contributed by atoms with Gasteiger partial charge in [0, 0.05) is 33.9 Å². The van der Waals surface area contributed by atoms with E-state index in [-0.39, 0.29) is 10.6 Å². The molecule has 0 amide bonds. The summed E-state index contributed by atoms with van der Waals surface area (Å²) >= 11 is 0. The number of nitrogens with zero attached hydrogens (tertiary/aromatic N) is 2. The molecule has 0 radical (unpaired) electrons. The highest BCUT2D eigenvalue weighted by atomic mass is 32.2. The molecule has 26 heavy (non-hydrogen) atoms. The summed E-state index contributed by atoms with van der Waals surface area (Å²) in [7, 11) is -3.46. The van der Waals surface area contributed by atoms with Gasteiger partial charge in [-0.3, -0.25) is 4.98 Å². The summed E-state index contributed by atoms with van der Waals surface area (Å²) < 4.78 is 24.9. The van der Waals surface area contributed by atoms with Gasteiger partial charge in [-0.25, -0.2) is 8.42 Å². The van der Waals surface area contributed by atoms with Crippen molar-refractivity contribution in [2.45, 2.75) is 11.8 Å². The second kappa shape index (κ2) is 5.58. The Morgan fingerprint density at radius 3 is 2.77 bits per heavy atom. The van der Waals surface area contributed by atoms with Crippen molar-refractivity contribution in [3.8, 4) is 11.8 Å². The van der Waals surface area contributed by atoms with Crippen molar-refractivity contribution in [2.75, 3.05) is 5.32 Å². The van der Waals surface area contributed by atoms with E-state index < -0.39 is 9.84 Å². The Labute approximate surface area is 150 Å². The van der Waals surface area contributed by atoms with Crippen LogP contribution in [-0.4, -0.2) is 18.5 Å². The average molecular weight is 363 g/mol. The van der Waals surface area contributed by atoms with Crippen LogP contribution >= 0.6 is 0 Å². The zero-order chi connectivity index (χ0) is 18.5. The van der Waals surface area contributed by atoms with E-state index in [2.05, 4.69) is 10.3 Å². The van der Waals surface area contributed by atoms with Gasteiger partial charge >= 0.3 is 0 Å². The van der Waals surface area contributed by atoms with Crippen molar-refractivity contribution >= 4 is 38.2 Å². The number of pyridine rings is 1. The molecule has 1 aromatic heterocycles. The molecule has 0 bridgehead atoms. The van der Waals surface area contributed by atoms with Crippen molar-refractivity contribution in [2.24, 2.45) is 0 Å². The van der Waals surface area contributed by atoms with E-state index >= 15 is 0 Å². The first-order valence-electron chi connectivity index (χ1n) is 7.76. The molecule has 3 aromatic rings. The highest BCUT2D eigenvalue weighted by molar-refractivity contribution is 7.95. The van der Waals surface area contributed by atoms with Gasteiger partial charge in [0.05, 0.1) is 22.0 Å². The van der Waals surface area contributed by atoms with Gasteiger partial charge in [-0.15, -0.1) is 0 Å². The molecule has 2 N–H and O–H groups in total. The summed E-state index contributed by atoms with van der Waals surface area (Å²) in [6.45, 7) is 1.57. The van der Waals surface area contributed by atoms with Gasteiger partial charge in [0.25, 0.3) is 0 Å². The van der Waals surface area contributed by atoms with Crippen LogP contribution in [0.25, 0.3) is 17.0 Å². The standard InChI is InChI=1S/C19H13N3O3S/c1-11-4-13-7-18-16(9-19(13)26(11,24)25)17(2-3-21-18)22-14-5-12(10-20)6-15(23)8-14/h2-9,23H,1H3,(H,21,22). The number of aromatic nitrogens is 1. The summed E-state index contributed by atoms with van der Waals surface area (Å²) in [6, 6.07) is 11.5. The maximum absolute atomic E-state index is 12.4. The first-order valence-corrected chi connectivity index (χ1v) is 9.24. The van der Waals surface area contributed by atoms with Gasteiger partial charge in [0.2, 0.25) is 9.84 Å². The van der Waals surface area contributed by atoms with E-state index in [1.165, 1.54) is 12.1 Å². The zero-order valence-corrected chi connectivity index (χ0v) is 14.5. The zero-order valence-electron chi connectivity index (χ0n) is 13.7. The van der Waals surface area contributed by atoms with Crippen LogP contribution in [0, 0.1) is 11.3 Å². The highest BCUT2D eigenvalue weighted by Crippen LogP contribution is 2.37. The molecular formula is C19H13N3O3S. The normalized spacial score (nSPS) is 14.5. The third kappa shape index (κ3) is 2.48. The largest absolute Gasteiger partial charge is 0.508 e. The van der Waals surface area contributed by atoms with E-state index in [1.807, 2.05) is 6.07 Å². The number of nitriles is 1. The summed E-state index contributed by atoms with van der Waals surface area (Å²) in [6.07, 6.45) is 3.26. The molecule has 0 saturated carbocycles. The Morgan fingerprint density at radius 1 is 1.19 bits per heavy atom. The molecule has 0 atom stereocenters. The maximum atomic E-state index is 12.4. The Balaban J connectivity index is 1.87. The quantitative estimate of drug-likeness (QED) is 0.719. The van der Waals surface area contributed by atoms with Crippen LogP contribution < -0.4 is 5.32 Å². The fourth-order valence-corrected chi connectivity index (χ4v) is 4.35. The minimum absolute atomic E-state index is 0.0341. The Morgan fingerprint density at radius 2 is 2.00 bits per heavy atom. The number of anilines is 2. The van der Waals surface area contributed by atoms with E-state index in [0.717, 1.165) is 0 Å². The van der Waals surface area contributed by atoms with Crippen LogP contribution in [0.5, 0.6) is 5.75 Å². The molecule has 6 nitrogen and oxygen atoms in total. The van der Waals surface area contributed by atoms with Gasteiger partial charge < -0.3 is 10.4 Å². The van der Waals surface area contributed by atoms with Crippen LogP contribution in [0.1, 0.15) is 18.1 Å². The van der Waals surface area contributed by atoms with Crippen LogP contribution in [0.2, 0.25) is 0 Å². The predicted octanol–water partition coefficient (Wildman–Crippen LogP) is 3.70. The van der Waals surface area contributed by atoms with Gasteiger partial charge in [-0.05, 0) is 48.9 Å². The van der Waals surface area contributed by atoms with Crippen LogP contribution in [0.3, 0.4) is 0 Å². The minimum Gasteiger partial charge on any atom is -0.508 e. The molecule has 128 valence electrons. The number of hydrogen-bond donors (Lipinski definition) is 2. The molecule has 0 unspecified atom stereocenters. The molecule has 0 fully saturated rings. The monoisotopic (exact) mass is 363 g/mol. The number of aromatic hydroxyl groups is 1. The van der Waals surface area contributed by atoms with Gasteiger partial charge in [-0.1, -0.05) is 0 Å². The highest BCUT2D eigenvalue weighted by Gasteiger charge is 2.27. The van der Waals surface area contributed by atoms with E-state index in [1.54, 1.807) is 43.5 Å². The topological polar surface area (TPSA) is 103 Å². The SMILES string of the molecule is CC1=Cc2cc3nccc(Nc4cc(O)cc(C#N)c4)c3cc2S1(=O)=O. The smallest absolute Gasteiger partial charge is 0.203 e. The van der Waals surface area contributed by atoms with E-state index in [4.69, 9.17) is 5.26 Å². The number of phenols is 1. The number of rotatable bonds is 2. The average Bonchev–Trinajstić information content (AvgIpc) is 2.82. The summed E-state index contributed by atoms with van der Waals surface area (Å²) in [4.78, 5) is 4.89. The molecule has 2 aromatic carbocycles. The molecule has 1 aliphatic rings. The lowest BCUT2D eigenvalue weighted by atomic mass is 10.1.